The first kappa shape index (κ1) is 62.8. The van der Waals surface area contributed by atoms with Gasteiger partial charge in [0.1, 0.15) is 0 Å². The van der Waals surface area contributed by atoms with E-state index >= 15 is 0 Å². The van der Waals surface area contributed by atoms with Crippen molar-refractivity contribution in [2.24, 2.45) is 11.8 Å². The van der Waals surface area contributed by atoms with Gasteiger partial charge in [-0.1, -0.05) is 182 Å². The molecule has 0 amide bonds. The Morgan fingerprint density at radius 1 is 0.328 bits per heavy atom. The molecule has 64 heavy (non-hydrogen) atoms. The molecular formula is C56H112N2O6. The van der Waals surface area contributed by atoms with Gasteiger partial charge in [-0.2, -0.15) is 0 Å². The maximum absolute atomic E-state index is 13.1. The number of unbranched alkanes of at least 4 members (excludes halogenated alkanes) is 25. The van der Waals surface area contributed by atoms with Crippen molar-refractivity contribution in [3.05, 3.63) is 0 Å². The molecule has 0 heterocycles. The number of rotatable bonds is 53. The van der Waals surface area contributed by atoms with Crippen LogP contribution in [0.4, 0.5) is 0 Å². The molecule has 0 radical (unpaired) electrons. The Morgan fingerprint density at radius 3 is 0.875 bits per heavy atom. The normalized spacial score (nSPS) is 12.7. The quantitative estimate of drug-likeness (QED) is 0.0460. The number of hydrogen-bond acceptors (Lipinski definition) is 8. The third-order valence-electron chi connectivity index (χ3n) is 13.5. The van der Waals surface area contributed by atoms with Crippen LogP contribution in [0.1, 0.15) is 272 Å². The minimum absolute atomic E-state index is 0.0528. The van der Waals surface area contributed by atoms with Crippen LogP contribution in [0.2, 0.25) is 0 Å². The van der Waals surface area contributed by atoms with Gasteiger partial charge in [-0.05, 0) is 129 Å². The summed E-state index contributed by atoms with van der Waals surface area (Å²) in [7, 11) is 0. The van der Waals surface area contributed by atoms with E-state index < -0.39 is 0 Å². The summed E-state index contributed by atoms with van der Waals surface area (Å²) in [6.07, 6.45) is 43.7. The van der Waals surface area contributed by atoms with Crippen LogP contribution in [0.15, 0.2) is 0 Å². The lowest BCUT2D eigenvalue weighted by Gasteiger charge is -2.25. The van der Waals surface area contributed by atoms with E-state index in [4.69, 9.17) is 9.47 Å². The number of ether oxygens (including phenoxy) is 2. The first-order chi connectivity index (χ1) is 31.5. The zero-order chi connectivity index (χ0) is 46.8. The smallest absolute Gasteiger partial charge is 0.308 e. The second kappa shape index (κ2) is 51.2. The van der Waals surface area contributed by atoms with Crippen LogP contribution < -0.4 is 0 Å². The van der Waals surface area contributed by atoms with Gasteiger partial charge < -0.3 is 29.5 Å². The molecule has 2 unspecified atom stereocenters. The molecule has 0 saturated heterocycles. The van der Waals surface area contributed by atoms with Crippen molar-refractivity contribution < 1.29 is 29.3 Å². The summed E-state index contributed by atoms with van der Waals surface area (Å²) >= 11 is 0. The highest BCUT2D eigenvalue weighted by Gasteiger charge is 2.20. The van der Waals surface area contributed by atoms with Crippen LogP contribution in [-0.4, -0.2) is 97.6 Å². The molecule has 0 bridgehead atoms. The number of carbonyl (C=O) groups excluding carboxylic acids is 2. The second-order valence-electron chi connectivity index (χ2n) is 19.6. The molecule has 0 aliphatic heterocycles. The third-order valence-corrected chi connectivity index (χ3v) is 13.5. The van der Waals surface area contributed by atoms with Crippen molar-refractivity contribution in [1.82, 2.24) is 9.80 Å². The summed E-state index contributed by atoms with van der Waals surface area (Å²) in [5.74, 6) is 0.272. The van der Waals surface area contributed by atoms with E-state index in [-0.39, 0.29) is 37.0 Å². The summed E-state index contributed by atoms with van der Waals surface area (Å²) in [6.45, 7) is 17.1. The van der Waals surface area contributed by atoms with Gasteiger partial charge in [0, 0.05) is 13.2 Å². The summed E-state index contributed by atoms with van der Waals surface area (Å²) in [6, 6.07) is 0. The molecule has 0 spiro atoms. The second-order valence-corrected chi connectivity index (χ2v) is 19.6. The molecule has 0 fully saturated rings. The largest absolute Gasteiger partial charge is 0.465 e. The molecule has 0 saturated carbocycles. The SMILES string of the molecule is CCCCCCCCC(CCCCCC)C(=O)OCCCCCCN(CCCCO)CCCCN(CCCCO)CCCCCCOC(=O)C(CCCCCC)CCCCCCCC. The highest BCUT2D eigenvalue weighted by atomic mass is 16.5. The van der Waals surface area contributed by atoms with Gasteiger partial charge in [0.15, 0.2) is 0 Å². The molecule has 2 atom stereocenters. The van der Waals surface area contributed by atoms with Crippen LogP contribution in [0, 0.1) is 11.8 Å². The van der Waals surface area contributed by atoms with E-state index in [1.807, 2.05) is 0 Å². The van der Waals surface area contributed by atoms with E-state index in [1.165, 1.54) is 116 Å². The lowest BCUT2D eigenvalue weighted by atomic mass is 9.94. The zero-order valence-corrected chi connectivity index (χ0v) is 43.5. The third kappa shape index (κ3) is 42.2. The van der Waals surface area contributed by atoms with Crippen molar-refractivity contribution in [2.45, 2.75) is 272 Å². The number of esters is 2. The lowest BCUT2D eigenvalue weighted by molar-refractivity contribution is -0.150. The predicted octanol–water partition coefficient (Wildman–Crippen LogP) is 14.8. The van der Waals surface area contributed by atoms with Crippen molar-refractivity contribution in [3.63, 3.8) is 0 Å². The summed E-state index contributed by atoms with van der Waals surface area (Å²) in [5.41, 5.74) is 0. The minimum Gasteiger partial charge on any atom is -0.465 e. The van der Waals surface area contributed by atoms with Crippen molar-refractivity contribution >= 4 is 11.9 Å². The fraction of sp³-hybridized carbons (Fsp3) is 0.964. The Balaban J connectivity index is 4.59. The van der Waals surface area contributed by atoms with Crippen LogP contribution >= 0.6 is 0 Å². The Morgan fingerprint density at radius 2 is 0.562 bits per heavy atom. The monoisotopic (exact) mass is 909 g/mol. The molecule has 8 heteroatoms. The van der Waals surface area contributed by atoms with Crippen LogP contribution in [-0.2, 0) is 19.1 Å². The number of carbonyl (C=O) groups is 2. The molecule has 0 rings (SSSR count). The number of aliphatic hydroxyl groups excluding tert-OH is 2. The lowest BCUT2D eigenvalue weighted by Crippen LogP contribution is -2.30. The highest BCUT2D eigenvalue weighted by molar-refractivity contribution is 5.72. The Hall–Kier alpha value is -1.22. The molecule has 382 valence electrons. The molecule has 0 aliphatic rings. The van der Waals surface area contributed by atoms with Crippen LogP contribution in [0.3, 0.4) is 0 Å². The van der Waals surface area contributed by atoms with Gasteiger partial charge in [-0.3, -0.25) is 9.59 Å². The van der Waals surface area contributed by atoms with Gasteiger partial charge in [0.25, 0.3) is 0 Å². The molecule has 0 aromatic carbocycles. The van der Waals surface area contributed by atoms with E-state index in [2.05, 4.69) is 37.5 Å². The maximum Gasteiger partial charge on any atom is 0.308 e. The maximum atomic E-state index is 13.1. The standard InChI is InChI=1S/C56H112N2O6/c1-5-9-13-17-19-27-41-53(39-25-15-11-7-3)55(61)63-51-37-23-21-29-43-57(47-33-35-49-59)45-31-32-46-58(48-34-36-50-60)44-30-22-24-38-52-64-56(62)54(40-26-16-12-8-4)42-28-20-18-14-10-6-2/h53-54,59-60H,5-52H2,1-4H3. The van der Waals surface area contributed by atoms with Crippen molar-refractivity contribution in [1.29, 1.82) is 0 Å². The fourth-order valence-electron chi connectivity index (χ4n) is 9.14. The van der Waals surface area contributed by atoms with E-state index in [9.17, 15) is 19.8 Å². The minimum atomic E-state index is 0.0528. The van der Waals surface area contributed by atoms with Gasteiger partial charge in [-0.25, -0.2) is 0 Å². The van der Waals surface area contributed by atoms with E-state index in [0.717, 1.165) is 168 Å². The van der Waals surface area contributed by atoms with Crippen LogP contribution in [0.5, 0.6) is 0 Å². The van der Waals surface area contributed by atoms with Gasteiger partial charge in [0.2, 0.25) is 0 Å². The van der Waals surface area contributed by atoms with E-state index in [1.54, 1.807) is 0 Å². The first-order valence-corrected chi connectivity index (χ1v) is 28.5. The molecule has 0 aliphatic carbocycles. The number of aliphatic hydroxyl groups is 2. The molecule has 8 nitrogen and oxygen atoms in total. The van der Waals surface area contributed by atoms with Gasteiger partial charge >= 0.3 is 11.9 Å². The Labute approximate surface area is 398 Å². The zero-order valence-electron chi connectivity index (χ0n) is 43.5. The number of nitrogens with zero attached hydrogens (tertiary/aromatic N) is 2. The fourth-order valence-corrected chi connectivity index (χ4v) is 9.14. The molecule has 2 N–H and O–H groups in total. The average molecular weight is 910 g/mol. The van der Waals surface area contributed by atoms with Crippen molar-refractivity contribution in [3.8, 4) is 0 Å². The van der Waals surface area contributed by atoms with Crippen molar-refractivity contribution in [2.75, 3.05) is 65.7 Å². The first-order valence-electron chi connectivity index (χ1n) is 28.5. The highest BCUT2D eigenvalue weighted by Crippen LogP contribution is 2.22. The predicted molar refractivity (Wildman–Crippen MR) is 274 cm³/mol. The van der Waals surface area contributed by atoms with Crippen LogP contribution in [0.25, 0.3) is 0 Å². The molecule has 0 aromatic heterocycles. The van der Waals surface area contributed by atoms with Gasteiger partial charge in [-0.15, -0.1) is 0 Å². The molecular weight excluding hydrogens is 797 g/mol. The summed E-state index contributed by atoms with van der Waals surface area (Å²) in [5, 5.41) is 18.9. The summed E-state index contributed by atoms with van der Waals surface area (Å²) in [4.78, 5) is 31.3. The summed E-state index contributed by atoms with van der Waals surface area (Å²) < 4.78 is 11.7. The van der Waals surface area contributed by atoms with E-state index in [0.29, 0.717) is 13.2 Å². The Bertz CT molecular complexity index is 878. The molecule has 0 aromatic rings. The topological polar surface area (TPSA) is 99.5 Å². The number of hydrogen-bond donors (Lipinski definition) is 2. The average Bonchev–Trinajstić information content (AvgIpc) is 3.30. The Kier molecular flexibility index (Phi) is 50.2. The van der Waals surface area contributed by atoms with Gasteiger partial charge in [0.05, 0.1) is 25.0 Å².